The zero-order valence-electron chi connectivity index (χ0n) is 13.3. The van der Waals surface area contributed by atoms with Crippen molar-refractivity contribution in [3.63, 3.8) is 0 Å². The minimum absolute atomic E-state index is 0.0910. The number of likely N-dealkylation sites (tertiary alicyclic amines) is 1. The highest BCUT2D eigenvalue weighted by Gasteiger charge is 2.32. The first-order valence-corrected chi connectivity index (χ1v) is 10.1. The molecule has 25 heavy (non-hydrogen) atoms. The minimum atomic E-state index is -3.65. The van der Waals surface area contributed by atoms with Crippen LogP contribution < -0.4 is 0 Å². The number of benzene rings is 1. The van der Waals surface area contributed by atoms with Gasteiger partial charge in [-0.3, -0.25) is 9.59 Å². The molecule has 6 nitrogen and oxygen atoms in total. The summed E-state index contributed by atoms with van der Waals surface area (Å²) in [6, 6.07) is 10.7. The van der Waals surface area contributed by atoms with Gasteiger partial charge in [-0.1, -0.05) is 18.2 Å². The van der Waals surface area contributed by atoms with Crippen molar-refractivity contribution >= 4 is 33.1 Å². The molecule has 1 aromatic heterocycles. The van der Waals surface area contributed by atoms with Gasteiger partial charge in [0.05, 0.1) is 16.2 Å². The molecule has 1 unspecified atom stereocenters. The number of hydrogen-bond donors (Lipinski definition) is 1. The van der Waals surface area contributed by atoms with Crippen molar-refractivity contribution in [2.45, 2.75) is 34.4 Å². The number of carboxylic acids is 1. The zero-order chi connectivity index (χ0) is 18.0. The van der Waals surface area contributed by atoms with Crippen LogP contribution in [0.15, 0.2) is 51.6 Å². The Labute approximate surface area is 149 Å². The van der Waals surface area contributed by atoms with Crippen LogP contribution in [0.5, 0.6) is 0 Å². The molecule has 1 fully saturated rings. The summed E-state index contributed by atoms with van der Waals surface area (Å²) < 4.78 is 25.3. The SMILES string of the molecule is O=C(O)CC1CCCN1C(=O)c1ccc(S(=O)(=O)c2ccccc2)s1. The lowest BCUT2D eigenvalue weighted by Gasteiger charge is -2.22. The van der Waals surface area contributed by atoms with Crippen LogP contribution in [-0.4, -0.2) is 42.9 Å². The number of hydrogen-bond acceptors (Lipinski definition) is 5. The summed E-state index contributed by atoms with van der Waals surface area (Å²) in [5, 5.41) is 8.97. The normalized spacial score (nSPS) is 17.6. The zero-order valence-corrected chi connectivity index (χ0v) is 14.9. The van der Waals surface area contributed by atoms with Crippen molar-refractivity contribution < 1.29 is 23.1 Å². The Balaban J connectivity index is 1.84. The maximum atomic E-state index is 12.7. The highest BCUT2D eigenvalue weighted by molar-refractivity contribution is 7.93. The highest BCUT2D eigenvalue weighted by atomic mass is 32.2. The maximum absolute atomic E-state index is 12.7. The summed E-state index contributed by atoms with van der Waals surface area (Å²) in [5.74, 6) is -1.24. The average molecular weight is 379 g/mol. The topological polar surface area (TPSA) is 91.8 Å². The van der Waals surface area contributed by atoms with Gasteiger partial charge in [0.15, 0.2) is 0 Å². The van der Waals surface area contributed by atoms with Crippen LogP contribution in [0.3, 0.4) is 0 Å². The Morgan fingerprint density at radius 2 is 1.88 bits per heavy atom. The Kier molecular flexibility index (Phi) is 4.91. The quantitative estimate of drug-likeness (QED) is 0.862. The molecule has 1 aliphatic heterocycles. The number of nitrogens with zero attached hydrogens (tertiary/aromatic N) is 1. The van der Waals surface area contributed by atoms with E-state index in [4.69, 9.17) is 5.11 Å². The highest BCUT2D eigenvalue weighted by Crippen LogP contribution is 2.30. The van der Waals surface area contributed by atoms with Crippen molar-refractivity contribution in [3.05, 3.63) is 47.3 Å². The molecule has 2 heterocycles. The first-order chi connectivity index (χ1) is 11.9. The van der Waals surface area contributed by atoms with Gasteiger partial charge < -0.3 is 10.0 Å². The van der Waals surface area contributed by atoms with Gasteiger partial charge in [-0.2, -0.15) is 0 Å². The molecule has 1 atom stereocenters. The fourth-order valence-corrected chi connectivity index (χ4v) is 5.64. The van der Waals surface area contributed by atoms with Gasteiger partial charge in [0, 0.05) is 12.6 Å². The first kappa shape index (κ1) is 17.6. The Morgan fingerprint density at radius 1 is 1.16 bits per heavy atom. The summed E-state index contributed by atoms with van der Waals surface area (Å²) in [6.07, 6.45) is 1.31. The molecule has 1 saturated heterocycles. The summed E-state index contributed by atoms with van der Waals surface area (Å²) in [7, 11) is -3.65. The molecule has 0 bridgehead atoms. The van der Waals surface area contributed by atoms with E-state index in [2.05, 4.69) is 0 Å². The lowest BCUT2D eigenvalue weighted by molar-refractivity contribution is -0.137. The third-order valence-electron chi connectivity index (χ3n) is 4.16. The van der Waals surface area contributed by atoms with Gasteiger partial charge in [-0.25, -0.2) is 8.42 Å². The molecule has 3 rings (SSSR count). The molecule has 2 aromatic rings. The third-order valence-corrected chi connectivity index (χ3v) is 7.49. The van der Waals surface area contributed by atoms with E-state index in [-0.39, 0.29) is 27.5 Å². The van der Waals surface area contributed by atoms with Crippen molar-refractivity contribution in [1.29, 1.82) is 0 Å². The van der Waals surface area contributed by atoms with Gasteiger partial charge in [0.1, 0.15) is 4.21 Å². The number of sulfone groups is 1. The number of aliphatic carboxylic acids is 1. The Hall–Kier alpha value is -2.19. The van der Waals surface area contributed by atoms with E-state index in [0.717, 1.165) is 17.8 Å². The lowest BCUT2D eigenvalue weighted by Crippen LogP contribution is -2.36. The van der Waals surface area contributed by atoms with E-state index in [1.165, 1.54) is 24.3 Å². The van der Waals surface area contributed by atoms with E-state index in [0.29, 0.717) is 17.8 Å². The average Bonchev–Trinajstić information content (AvgIpc) is 3.24. The standard InChI is InChI=1S/C17H17NO5S2/c19-15(20)11-12-5-4-10-18(12)17(21)14-8-9-16(24-14)25(22,23)13-6-2-1-3-7-13/h1-3,6-9,12H,4-5,10-11H2,(H,19,20). The predicted octanol–water partition coefficient (Wildman–Crippen LogP) is 2.66. The van der Waals surface area contributed by atoms with E-state index in [1.807, 2.05) is 0 Å². The number of carbonyl (C=O) groups is 2. The lowest BCUT2D eigenvalue weighted by atomic mass is 10.1. The molecule has 1 amide bonds. The number of thiophene rings is 1. The number of rotatable bonds is 5. The molecular weight excluding hydrogens is 362 g/mol. The van der Waals surface area contributed by atoms with Crippen LogP contribution in [0.2, 0.25) is 0 Å². The Bertz CT molecular complexity index is 889. The molecule has 0 saturated carbocycles. The van der Waals surface area contributed by atoms with Crippen LogP contribution >= 0.6 is 11.3 Å². The van der Waals surface area contributed by atoms with E-state index >= 15 is 0 Å². The fourth-order valence-electron chi connectivity index (χ4n) is 2.95. The van der Waals surface area contributed by atoms with Gasteiger partial charge in [0.2, 0.25) is 9.84 Å². The molecule has 1 aromatic carbocycles. The number of amides is 1. The van der Waals surface area contributed by atoms with Gasteiger partial charge >= 0.3 is 5.97 Å². The molecule has 1 aliphatic rings. The second-order valence-electron chi connectivity index (χ2n) is 5.83. The fraction of sp³-hybridized carbons (Fsp3) is 0.294. The van der Waals surface area contributed by atoms with E-state index in [1.54, 1.807) is 23.1 Å². The van der Waals surface area contributed by atoms with Gasteiger partial charge in [-0.15, -0.1) is 11.3 Å². The smallest absolute Gasteiger partial charge is 0.305 e. The second kappa shape index (κ2) is 6.97. The molecular formula is C17H17NO5S2. The van der Waals surface area contributed by atoms with Crippen LogP contribution in [-0.2, 0) is 14.6 Å². The molecule has 8 heteroatoms. The van der Waals surface area contributed by atoms with Crippen molar-refractivity contribution in [3.8, 4) is 0 Å². The summed E-state index contributed by atoms with van der Waals surface area (Å²) >= 11 is 0.924. The molecule has 0 spiro atoms. The maximum Gasteiger partial charge on any atom is 0.305 e. The van der Waals surface area contributed by atoms with Crippen LogP contribution in [0.1, 0.15) is 28.9 Å². The summed E-state index contributed by atoms with van der Waals surface area (Å²) in [5.41, 5.74) is 0. The van der Waals surface area contributed by atoms with Gasteiger partial charge in [-0.05, 0) is 37.1 Å². The minimum Gasteiger partial charge on any atom is -0.481 e. The largest absolute Gasteiger partial charge is 0.481 e. The van der Waals surface area contributed by atoms with Crippen molar-refractivity contribution in [1.82, 2.24) is 4.90 Å². The summed E-state index contributed by atoms with van der Waals surface area (Å²) in [4.78, 5) is 25.6. The van der Waals surface area contributed by atoms with Crippen LogP contribution in [0.25, 0.3) is 0 Å². The number of carbonyl (C=O) groups excluding carboxylic acids is 1. The monoisotopic (exact) mass is 379 g/mol. The van der Waals surface area contributed by atoms with Crippen molar-refractivity contribution in [2.75, 3.05) is 6.54 Å². The van der Waals surface area contributed by atoms with Gasteiger partial charge in [0.25, 0.3) is 5.91 Å². The number of carboxylic acid groups (broad SMARTS) is 1. The van der Waals surface area contributed by atoms with Crippen LogP contribution in [0, 0.1) is 0 Å². The van der Waals surface area contributed by atoms with E-state index in [9.17, 15) is 18.0 Å². The van der Waals surface area contributed by atoms with Crippen molar-refractivity contribution in [2.24, 2.45) is 0 Å². The molecule has 0 radical (unpaired) electrons. The molecule has 132 valence electrons. The molecule has 0 aliphatic carbocycles. The molecule has 1 N–H and O–H groups in total. The van der Waals surface area contributed by atoms with Crippen LogP contribution in [0.4, 0.5) is 0 Å². The Morgan fingerprint density at radius 3 is 2.56 bits per heavy atom. The summed E-state index contributed by atoms with van der Waals surface area (Å²) in [6.45, 7) is 0.495. The second-order valence-corrected chi connectivity index (χ2v) is 9.09. The predicted molar refractivity (Wildman–Crippen MR) is 92.5 cm³/mol. The third kappa shape index (κ3) is 3.59. The van der Waals surface area contributed by atoms with E-state index < -0.39 is 15.8 Å². The first-order valence-electron chi connectivity index (χ1n) is 7.82.